The molecular formula is C21H30N6. The molecule has 6 nitrogen and oxygen atoms in total. The van der Waals surface area contributed by atoms with Crippen LogP contribution in [0.4, 0.5) is 11.8 Å². The van der Waals surface area contributed by atoms with Crippen LogP contribution in [0.2, 0.25) is 0 Å². The lowest BCUT2D eigenvalue weighted by Gasteiger charge is -2.35. The number of rotatable bonds is 4. The van der Waals surface area contributed by atoms with Gasteiger partial charge in [-0.05, 0) is 37.3 Å². The Bertz CT molecular complexity index is 797. The number of nitrogens with one attached hydrogen (secondary N) is 1. The van der Waals surface area contributed by atoms with Crippen LogP contribution in [0, 0.1) is 6.92 Å². The third-order valence-electron chi connectivity index (χ3n) is 5.79. The van der Waals surface area contributed by atoms with Crippen LogP contribution in [0.1, 0.15) is 35.7 Å². The fraction of sp³-hybridized carbons (Fsp3) is 0.524. The van der Waals surface area contributed by atoms with E-state index >= 15 is 0 Å². The molecule has 4 rings (SSSR count). The van der Waals surface area contributed by atoms with Gasteiger partial charge < -0.3 is 20.9 Å². The molecule has 0 saturated carbocycles. The number of nitrogens with zero attached hydrogens (tertiary/aromatic N) is 4. The molecule has 0 spiro atoms. The Labute approximate surface area is 161 Å². The molecule has 144 valence electrons. The van der Waals surface area contributed by atoms with Gasteiger partial charge in [0.2, 0.25) is 5.95 Å². The van der Waals surface area contributed by atoms with Gasteiger partial charge in [0, 0.05) is 57.1 Å². The number of benzene rings is 1. The Hall–Kier alpha value is -2.18. The normalized spacial score (nSPS) is 22.7. The van der Waals surface area contributed by atoms with Crippen molar-refractivity contribution < 1.29 is 0 Å². The first-order valence-corrected chi connectivity index (χ1v) is 9.88. The number of fused-ring (bicyclic) bond motifs is 1. The van der Waals surface area contributed by atoms with Crippen molar-refractivity contribution in [2.75, 3.05) is 37.0 Å². The van der Waals surface area contributed by atoms with Crippen molar-refractivity contribution in [3.05, 3.63) is 47.2 Å². The molecule has 1 aromatic heterocycles. The quantitative estimate of drug-likeness (QED) is 0.863. The predicted octanol–water partition coefficient (Wildman–Crippen LogP) is 2.03. The molecule has 27 heavy (non-hydrogen) atoms. The van der Waals surface area contributed by atoms with Gasteiger partial charge >= 0.3 is 0 Å². The second kappa shape index (κ2) is 7.44. The van der Waals surface area contributed by atoms with E-state index in [0.717, 1.165) is 49.8 Å². The standard InChI is InChI=1S/C21H30N6/c1-14-12-19(25-21(23-14)26(2)3)27-10-8-16(9-11-27)24-18-13-15-6-4-5-7-17(15)20(18)22/h4-7,12,16,18,20,24H,8-11,13,22H2,1-3H3/t18-,20-/m0/s1. The van der Waals surface area contributed by atoms with Gasteiger partial charge in [0.15, 0.2) is 0 Å². The fourth-order valence-corrected chi connectivity index (χ4v) is 4.27. The summed E-state index contributed by atoms with van der Waals surface area (Å²) in [6.07, 6.45) is 3.26. The second-order valence-corrected chi connectivity index (χ2v) is 8.03. The smallest absolute Gasteiger partial charge is 0.226 e. The van der Waals surface area contributed by atoms with Crippen molar-refractivity contribution in [2.45, 2.75) is 44.3 Å². The van der Waals surface area contributed by atoms with Crippen molar-refractivity contribution in [1.82, 2.24) is 15.3 Å². The summed E-state index contributed by atoms with van der Waals surface area (Å²) < 4.78 is 0. The van der Waals surface area contributed by atoms with Crippen LogP contribution in [0.3, 0.4) is 0 Å². The van der Waals surface area contributed by atoms with Crippen LogP contribution >= 0.6 is 0 Å². The van der Waals surface area contributed by atoms with Gasteiger partial charge in [0.1, 0.15) is 5.82 Å². The maximum absolute atomic E-state index is 6.49. The zero-order chi connectivity index (χ0) is 19.0. The maximum atomic E-state index is 6.49. The Kier molecular flexibility index (Phi) is 5.02. The first-order chi connectivity index (χ1) is 13.0. The molecule has 1 aliphatic carbocycles. The summed E-state index contributed by atoms with van der Waals surface area (Å²) in [5.41, 5.74) is 10.2. The monoisotopic (exact) mass is 366 g/mol. The van der Waals surface area contributed by atoms with Crippen molar-refractivity contribution in [3.8, 4) is 0 Å². The van der Waals surface area contributed by atoms with Crippen molar-refractivity contribution in [1.29, 1.82) is 0 Å². The fourth-order valence-electron chi connectivity index (χ4n) is 4.27. The van der Waals surface area contributed by atoms with E-state index in [2.05, 4.69) is 45.5 Å². The van der Waals surface area contributed by atoms with Crippen LogP contribution in [-0.4, -0.2) is 49.2 Å². The van der Waals surface area contributed by atoms with Crippen LogP contribution in [0.25, 0.3) is 0 Å². The third-order valence-corrected chi connectivity index (χ3v) is 5.79. The Balaban J connectivity index is 1.36. The predicted molar refractivity (Wildman–Crippen MR) is 110 cm³/mol. The van der Waals surface area contributed by atoms with Crippen molar-refractivity contribution in [2.24, 2.45) is 5.73 Å². The lowest BCUT2D eigenvalue weighted by Crippen LogP contribution is -2.48. The summed E-state index contributed by atoms with van der Waals surface area (Å²) in [5.74, 6) is 1.81. The van der Waals surface area contributed by atoms with E-state index in [9.17, 15) is 0 Å². The lowest BCUT2D eigenvalue weighted by molar-refractivity contribution is 0.346. The number of hydrogen-bond donors (Lipinski definition) is 2. The van der Waals surface area contributed by atoms with E-state index in [1.807, 2.05) is 25.9 Å². The van der Waals surface area contributed by atoms with Gasteiger partial charge in [0.25, 0.3) is 0 Å². The van der Waals surface area contributed by atoms with E-state index in [1.54, 1.807) is 0 Å². The molecular weight excluding hydrogens is 336 g/mol. The summed E-state index contributed by atoms with van der Waals surface area (Å²) in [5, 5.41) is 3.83. The number of hydrogen-bond acceptors (Lipinski definition) is 6. The third kappa shape index (κ3) is 3.77. The molecule has 1 fully saturated rings. The first kappa shape index (κ1) is 18.2. The lowest BCUT2D eigenvalue weighted by atomic mass is 10.0. The minimum Gasteiger partial charge on any atom is -0.356 e. The van der Waals surface area contributed by atoms with E-state index in [1.165, 1.54) is 11.1 Å². The summed E-state index contributed by atoms with van der Waals surface area (Å²) >= 11 is 0. The number of piperidine rings is 1. The molecule has 1 saturated heterocycles. The second-order valence-electron chi connectivity index (χ2n) is 8.03. The van der Waals surface area contributed by atoms with Crippen LogP contribution in [0.15, 0.2) is 30.3 Å². The zero-order valence-corrected chi connectivity index (χ0v) is 16.5. The van der Waals surface area contributed by atoms with Crippen LogP contribution in [0.5, 0.6) is 0 Å². The molecule has 1 aliphatic heterocycles. The van der Waals surface area contributed by atoms with Crippen molar-refractivity contribution >= 4 is 11.8 Å². The molecule has 3 N–H and O–H groups in total. The highest BCUT2D eigenvalue weighted by atomic mass is 15.3. The SMILES string of the molecule is Cc1cc(N2CCC(N[C@H]3Cc4ccccc4[C@@H]3N)CC2)nc(N(C)C)n1. The van der Waals surface area contributed by atoms with Gasteiger partial charge in [-0.25, -0.2) is 4.98 Å². The Morgan fingerprint density at radius 2 is 1.89 bits per heavy atom. The minimum atomic E-state index is 0.103. The summed E-state index contributed by atoms with van der Waals surface area (Å²) in [6.45, 7) is 4.05. The number of anilines is 2. The summed E-state index contributed by atoms with van der Waals surface area (Å²) in [7, 11) is 3.97. The average Bonchev–Trinajstić information content (AvgIpc) is 2.98. The first-order valence-electron chi connectivity index (χ1n) is 9.88. The molecule has 2 aromatic rings. The van der Waals surface area contributed by atoms with E-state index in [4.69, 9.17) is 10.7 Å². The highest BCUT2D eigenvalue weighted by Gasteiger charge is 2.32. The number of nitrogens with two attached hydrogens (primary N) is 1. The van der Waals surface area contributed by atoms with Crippen molar-refractivity contribution in [3.63, 3.8) is 0 Å². The topological polar surface area (TPSA) is 70.3 Å². The highest BCUT2D eigenvalue weighted by Crippen LogP contribution is 2.30. The molecule has 0 bridgehead atoms. The van der Waals surface area contributed by atoms with E-state index in [-0.39, 0.29) is 6.04 Å². The summed E-state index contributed by atoms with van der Waals surface area (Å²) in [4.78, 5) is 13.6. The maximum Gasteiger partial charge on any atom is 0.226 e. The molecule has 6 heteroatoms. The summed E-state index contributed by atoms with van der Waals surface area (Å²) in [6, 6.07) is 11.6. The minimum absolute atomic E-state index is 0.103. The van der Waals surface area contributed by atoms with Gasteiger partial charge in [-0.2, -0.15) is 4.98 Å². The highest BCUT2D eigenvalue weighted by molar-refractivity contribution is 5.45. The average molecular weight is 367 g/mol. The number of aryl methyl sites for hydroxylation is 1. The number of aromatic nitrogens is 2. The molecule has 1 aromatic carbocycles. The van der Waals surface area contributed by atoms with Gasteiger partial charge in [-0.1, -0.05) is 24.3 Å². The molecule has 2 aliphatic rings. The van der Waals surface area contributed by atoms with Gasteiger partial charge in [-0.3, -0.25) is 0 Å². The van der Waals surface area contributed by atoms with Gasteiger partial charge in [-0.15, -0.1) is 0 Å². The molecule has 2 atom stereocenters. The van der Waals surface area contributed by atoms with E-state index in [0.29, 0.717) is 12.1 Å². The molecule has 2 heterocycles. The molecule has 0 radical (unpaired) electrons. The van der Waals surface area contributed by atoms with Crippen LogP contribution < -0.4 is 20.9 Å². The zero-order valence-electron chi connectivity index (χ0n) is 16.5. The largest absolute Gasteiger partial charge is 0.356 e. The van der Waals surface area contributed by atoms with Gasteiger partial charge in [0.05, 0.1) is 0 Å². The Morgan fingerprint density at radius 1 is 1.15 bits per heavy atom. The molecule has 0 unspecified atom stereocenters. The Morgan fingerprint density at radius 3 is 2.59 bits per heavy atom. The van der Waals surface area contributed by atoms with E-state index < -0.39 is 0 Å². The van der Waals surface area contributed by atoms with Crippen LogP contribution in [-0.2, 0) is 6.42 Å². The molecule has 0 amide bonds.